The number of hydrogen-bond donors (Lipinski definition) is 0. The number of carbonyl (C=O) groups excluding carboxylic acids is 6. The summed E-state index contributed by atoms with van der Waals surface area (Å²) in [5.74, 6) is 5.21. The van der Waals surface area contributed by atoms with Gasteiger partial charge in [0.05, 0.1) is 87.8 Å². The minimum absolute atomic E-state index is 0.203. The van der Waals surface area contributed by atoms with Gasteiger partial charge in [-0.1, -0.05) is 55.0 Å². The molecule has 23 rings (SSSR count). The Balaban J connectivity index is 0.000000108. The maximum Gasteiger partial charge on any atom is 0.338 e. The van der Waals surface area contributed by atoms with E-state index in [1.165, 1.54) is 66.9 Å². The van der Waals surface area contributed by atoms with Gasteiger partial charge in [0.2, 0.25) is 0 Å². The van der Waals surface area contributed by atoms with E-state index in [1.54, 1.807) is 7.11 Å². The third-order valence-corrected chi connectivity index (χ3v) is 27.5. The maximum atomic E-state index is 11.8. The highest BCUT2D eigenvalue weighted by atomic mass is 16.6. The third kappa shape index (κ3) is 16.5. The van der Waals surface area contributed by atoms with E-state index in [1.807, 2.05) is 120 Å². The van der Waals surface area contributed by atoms with Crippen LogP contribution in [0.15, 0.2) is 153 Å². The van der Waals surface area contributed by atoms with E-state index in [0.717, 1.165) is 237 Å². The largest absolute Gasteiger partial charge is 0.495 e. The standard InChI is InChI=1S/2C27H25N3O3.2C25H23N3O4/c1-16-18(3-6-23-24(16)15-33-27(23)31)7-9-30-10-8-25-21(13-30)12-28-26(29-25)19-4-5-22-17(2)32-14-20(22)11-19;1-4-18-5-6-20(13-25(18)32-3)26-28-14-21-15-30(12-10-24(21)29-26)11-9-19-7-8-22-23(17(19)2)16-33-27(22)31;1-15-16(2-5-20-21(15)14-32-25(20)30)6-7-27-8-9-28-22(11-26-23(28)12-27)17-3-4-19-18(10-17)13-31-24(19)29;1-15-16(2-4-21-22(15)14-32-25(21)30)6-8-27-9-7-23-18(12-27)11-26-28(23)19-3-5-20-17(10-19)13-31-24(20)29/h3-6,11-12H,2,7-10,13-15H2,1H3;1,5-8,13-14H,9-12,15-16H2,2-3H3;2*2-5,10-11H,6-9,12-14H2,1H3. The van der Waals surface area contributed by atoms with Gasteiger partial charge in [0, 0.05) is 194 Å². The van der Waals surface area contributed by atoms with Crippen LogP contribution >= 0.6 is 0 Å². The number of fused-ring (bicyclic) bond motifs is 11. The van der Waals surface area contributed by atoms with Gasteiger partial charge in [-0.15, -0.1) is 6.42 Å². The molecule has 130 heavy (non-hydrogen) atoms. The van der Waals surface area contributed by atoms with Gasteiger partial charge < -0.3 is 42.5 Å². The Hall–Kier alpha value is -14.1. The molecule has 12 aromatic rings. The molecule has 0 atom stereocenters. The van der Waals surface area contributed by atoms with Crippen LogP contribution in [0.3, 0.4) is 0 Å². The molecule has 0 unspecified atom stereocenters. The molecular formula is C104H96N12O14. The average molecular weight is 1740 g/mol. The monoisotopic (exact) mass is 1740 g/mol. The molecule has 656 valence electrons. The number of benzene rings is 8. The van der Waals surface area contributed by atoms with Gasteiger partial charge in [-0.3, -0.25) is 19.6 Å². The second kappa shape index (κ2) is 35.5. The number of cyclic esters (lactones) is 6. The lowest BCUT2D eigenvalue weighted by molar-refractivity contribution is 0.0526. The van der Waals surface area contributed by atoms with Crippen LogP contribution in [0.25, 0.3) is 45.5 Å². The summed E-state index contributed by atoms with van der Waals surface area (Å²) in [6, 6.07) is 39.4. The van der Waals surface area contributed by atoms with Gasteiger partial charge in [0.25, 0.3) is 0 Å². The Morgan fingerprint density at radius 2 is 0.815 bits per heavy atom. The first kappa shape index (κ1) is 84.1. The summed E-state index contributed by atoms with van der Waals surface area (Å²) < 4.78 is 46.2. The van der Waals surface area contributed by atoms with Crippen molar-refractivity contribution in [1.29, 1.82) is 0 Å². The van der Waals surface area contributed by atoms with Crippen molar-refractivity contribution in [2.45, 2.75) is 152 Å². The lowest BCUT2D eigenvalue weighted by atomic mass is 9.96. The Morgan fingerprint density at radius 3 is 1.33 bits per heavy atom. The summed E-state index contributed by atoms with van der Waals surface area (Å²) in [5, 5.41) is 4.64. The van der Waals surface area contributed by atoms with Crippen LogP contribution in [-0.4, -0.2) is 154 Å². The summed E-state index contributed by atoms with van der Waals surface area (Å²) in [5.41, 5.74) is 35.1. The summed E-state index contributed by atoms with van der Waals surface area (Å²) in [6.07, 6.45) is 19.8. The van der Waals surface area contributed by atoms with Gasteiger partial charge >= 0.3 is 35.8 Å². The number of hydrogen-bond acceptors (Lipinski definition) is 24. The minimum Gasteiger partial charge on any atom is -0.495 e. The molecule has 4 aromatic heterocycles. The van der Waals surface area contributed by atoms with E-state index in [2.05, 4.69) is 115 Å². The normalized spacial score (nSPS) is 16.4. The van der Waals surface area contributed by atoms with Crippen molar-refractivity contribution in [3.63, 3.8) is 0 Å². The van der Waals surface area contributed by atoms with Gasteiger partial charge in [-0.2, -0.15) is 5.10 Å². The number of aromatic nitrogens is 8. The molecule has 26 heteroatoms. The number of esters is 6. The van der Waals surface area contributed by atoms with Crippen LogP contribution in [0.1, 0.15) is 196 Å². The smallest absolute Gasteiger partial charge is 0.338 e. The molecule has 0 N–H and O–H groups in total. The first-order chi connectivity index (χ1) is 63.3. The third-order valence-electron chi connectivity index (χ3n) is 27.5. The predicted octanol–water partition coefficient (Wildman–Crippen LogP) is 14.3. The lowest BCUT2D eigenvalue weighted by Gasteiger charge is -2.28. The molecule has 0 fully saturated rings. The van der Waals surface area contributed by atoms with Crippen LogP contribution in [0.2, 0.25) is 0 Å². The minimum atomic E-state index is -0.248. The Kier molecular flexibility index (Phi) is 23.0. The van der Waals surface area contributed by atoms with E-state index in [9.17, 15) is 28.8 Å². The van der Waals surface area contributed by atoms with Crippen molar-refractivity contribution in [1.82, 2.24) is 58.9 Å². The van der Waals surface area contributed by atoms with Crippen LogP contribution in [0, 0.1) is 40.0 Å². The van der Waals surface area contributed by atoms with Gasteiger partial charge in [0.1, 0.15) is 63.6 Å². The number of nitrogens with zero attached hydrogens (tertiary/aromatic N) is 12. The van der Waals surface area contributed by atoms with Crippen LogP contribution < -0.4 is 4.74 Å². The SMILES string of the molecule is C#Cc1ccc(-c2ncc3c(n2)CCN(CCc2ccc4c(c2C)COC4=O)C3)cc1OC.C=C1OCc2cc(-c3ncc4c(n3)CCN(CCc3ccc5c(c3C)COC5=O)C4)ccc21.Cc1c(CCN2CCc3c(cnn3-c3ccc4c(c3)COC4=O)C2)ccc2c1COC2=O.Cc1c(CCN2CCn3c(-c4ccc5c(c4)COC5=O)cnc3C2)ccc2c1COC2=O. The Bertz CT molecular complexity index is 6560. The zero-order valence-electron chi connectivity index (χ0n) is 73.3. The molecule has 0 spiro atoms. The molecule has 11 aliphatic heterocycles. The summed E-state index contributed by atoms with van der Waals surface area (Å²) in [6.45, 7) is 27.0. The van der Waals surface area contributed by atoms with Crippen molar-refractivity contribution in [2.75, 3.05) is 59.5 Å². The number of ether oxygens (including phenoxy) is 8. The van der Waals surface area contributed by atoms with Crippen molar-refractivity contribution in [3.05, 3.63) is 320 Å². The number of terminal acetylenes is 1. The first-order valence-electron chi connectivity index (χ1n) is 44.3. The van der Waals surface area contributed by atoms with Crippen LogP contribution in [0.5, 0.6) is 5.75 Å². The van der Waals surface area contributed by atoms with E-state index >= 15 is 0 Å². The van der Waals surface area contributed by atoms with Crippen molar-refractivity contribution >= 4 is 41.6 Å². The highest BCUT2D eigenvalue weighted by Gasteiger charge is 2.34. The fourth-order valence-electron chi connectivity index (χ4n) is 19.6. The fraction of sp³-hybridized carbons (Fsp3) is 0.308. The molecule has 0 aliphatic carbocycles. The molecular weight excluding hydrogens is 1640 g/mol. The zero-order chi connectivity index (χ0) is 89.1. The van der Waals surface area contributed by atoms with Crippen molar-refractivity contribution in [2.24, 2.45) is 0 Å². The molecule has 0 saturated carbocycles. The van der Waals surface area contributed by atoms with E-state index in [-0.39, 0.29) is 35.8 Å². The molecule has 0 amide bonds. The number of methoxy groups -OCH3 is 1. The summed E-state index contributed by atoms with van der Waals surface area (Å²) in [7, 11) is 1.61. The van der Waals surface area contributed by atoms with E-state index in [0.29, 0.717) is 91.2 Å². The Labute approximate surface area is 752 Å². The summed E-state index contributed by atoms with van der Waals surface area (Å²) in [4.78, 5) is 104. The van der Waals surface area contributed by atoms with Gasteiger partial charge in [-0.05, 0) is 177 Å². The van der Waals surface area contributed by atoms with Crippen LogP contribution in [0.4, 0.5) is 0 Å². The molecule has 11 aliphatic rings. The summed E-state index contributed by atoms with van der Waals surface area (Å²) >= 11 is 0. The Morgan fingerprint density at radius 1 is 0.400 bits per heavy atom. The molecule has 8 aromatic carbocycles. The molecule has 0 saturated heterocycles. The molecule has 0 radical (unpaired) electrons. The van der Waals surface area contributed by atoms with Gasteiger partial charge in [-0.25, -0.2) is 58.4 Å². The predicted molar refractivity (Wildman–Crippen MR) is 481 cm³/mol. The number of carbonyl (C=O) groups is 6. The van der Waals surface area contributed by atoms with E-state index in [4.69, 9.17) is 54.3 Å². The number of imidazole rings is 1. The number of rotatable bonds is 17. The van der Waals surface area contributed by atoms with Crippen molar-refractivity contribution < 1.29 is 66.7 Å². The van der Waals surface area contributed by atoms with Crippen LogP contribution in [-0.2, 0) is 157 Å². The quantitative estimate of drug-likeness (QED) is 0.0465. The zero-order valence-corrected chi connectivity index (χ0v) is 73.3. The topological polar surface area (TPSA) is 276 Å². The molecule has 0 bridgehead atoms. The second-order valence-corrected chi connectivity index (χ2v) is 34.7. The highest BCUT2D eigenvalue weighted by Crippen LogP contribution is 2.38. The maximum absolute atomic E-state index is 11.8. The fourth-order valence-corrected chi connectivity index (χ4v) is 19.6. The van der Waals surface area contributed by atoms with Crippen molar-refractivity contribution in [3.8, 4) is 57.8 Å². The first-order valence-corrected chi connectivity index (χ1v) is 44.3. The molecule has 26 nitrogen and oxygen atoms in total. The lowest BCUT2D eigenvalue weighted by Crippen LogP contribution is -2.35. The van der Waals surface area contributed by atoms with E-state index < -0.39 is 0 Å². The second-order valence-electron chi connectivity index (χ2n) is 34.7. The average Bonchev–Trinajstić information content (AvgIpc) is 1.62. The molecule has 15 heterocycles. The highest BCUT2D eigenvalue weighted by molar-refractivity contribution is 5.97. The van der Waals surface area contributed by atoms with Gasteiger partial charge in [0.15, 0.2) is 11.6 Å².